The van der Waals surface area contributed by atoms with Gasteiger partial charge in [-0.2, -0.15) is 0 Å². The standard InChI is InChI=1S/C27H39NO7PS/c1-6-11-28-12-7-8-20-13-21-19(14-22(20)28)9-10-23(35-37-36)25(21)34-27-26(33-18(5)30)24(32-17(4)29)15(2)16(3)31-27/h9-10,15-16,20,22,24,26-27,37H,6-8,11-14H2,1-5H3/q-1/t15-,16-,20-,22-,24+,26-,27+/m1/s1. The first kappa shape index (κ1) is 28.5. The van der Waals surface area contributed by atoms with Gasteiger partial charge in [0, 0.05) is 0 Å². The van der Waals surface area contributed by atoms with Crippen molar-refractivity contribution >= 4 is 30.8 Å². The van der Waals surface area contributed by atoms with E-state index in [2.05, 4.69) is 25.7 Å². The molecule has 2 aliphatic heterocycles. The SMILES string of the molecule is CCCN1CCC[C@@H]2Cc3c(ccc(O[SH-]#P)c3O[C@@H]3O[C@H](C)[C@@H](C)[C@H](OC(C)=O)[C@H]3OC(C)=O)C[C@H]21. The Bertz CT molecular complexity index is 1040. The van der Waals surface area contributed by atoms with Crippen LogP contribution in [0.2, 0.25) is 0 Å². The maximum atomic E-state index is 12.1. The van der Waals surface area contributed by atoms with Gasteiger partial charge >= 0.3 is 225 Å². The van der Waals surface area contributed by atoms with Gasteiger partial charge in [-0.25, -0.2) is 0 Å². The fourth-order valence-electron chi connectivity index (χ4n) is 6.13. The summed E-state index contributed by atoms with van der Waals surface area (Å²) in [4.78, 5) is 26.6. The van der Waals surface area contributed by atoms with Crippen molar-refractivity contribution in [3.05, 3.63) is 23.3 Å². The minimum atomic E-state index is -0.967. The molecule has 0 radical (unpaired) electrons. The molecular weight excluding hydrogens is 513 g/mol. The molecule has 2 saturated heterocycles. The molecule has 1 aliphatic carbocycles. The second kappa shape index (κ2) is 12.5. The Labute approximate surface area is 225 Å². The first-order valence-electron chi connectivity index (χ1n) is 13.3. The van der Waals surface area contributed by atoms with Gasteiger partial charge in [-0.1, -0.05) is 0 Å². The van der Waals surface area contributed by atoms with Crippen LogP contribution in [0.5, 0.6) is 11.5 Å². The second-order valence-corrected chi connectivity index (χ2v) is 11.3. The fraction of sp³-hybridized carbons (Fsp3) is 0.704. The molecule has 3 aliphatic rings. The first-order chi connectivity index (χ1) is 17.7. The molecule has 37 heavy (non-hydrogen) atoms. The molecule has 0 N–H and O–H groups in total. The van der Waals surface area contributed by atoms with Crippen LogP contribution in [0.25, 0.3) is 0 Å². The average molecular weight is 553 g/mol. The third-order valence-electron chi connectivity index (χ3n) is 7.94. The van der Waals surface area contributed by atoms with E-state index in [4.69, 9.17) is 23.1 Å². The summed E-state index contributed by atoms with van der Waals surface area (Å²) >= 11 is 0.440. The van der Waals surface area contributed by atoms with Crippen molar-refractivity contribution in [3.8, 4) is 11.5 Å². The Kier molecular flexibility index (Phi) is 9.65. The zero-order valence-corrected chi connectivity index (χ0v) is 24.1. The molecule has 0 amide bonds. The van der Waals surface area contributed by atoms with Crippen molar-refractivity contribution in [2.45, 2.75) is 97.4 Å². The van der Waals surface area contributed by atoms with Gasteiger partial charge in [-0.15, -0.1) is 0 Å². The molecule has 1 aromatic carbocycles. The molecule has 8 nitrogen and oxygen atoms in total. The van der Waals surface area contributed by atoms with Crippen LogP contribution in [-0.2, 0) is 47.7 Å². The Morgan fingerprint density at radius 2 is 1.86 bits per heavy atom. The number of thiol groups is 1. The van der Waals surface area contributed by atoms with E-state index in [1.807, 2.05) is 19.9 Å². The monoisotopic (exact) mass is 552 g/mol. The average Bonchev–Trinajstić information content (AvgIpc) is 2.85. The summed E-state index contributed by atoms with van der Waals surface area (Å²) < 4.78 is 29.9. The number of likely N-dealkylation sites (tertiary alicyclic amines) is 1. The van der Waals surface area contributed by atoms with Crippen LogP contribution < -0.4 is 8.92 Å². The number of esters is 2. The number of ether oxygens (including phenoxy) is 4. The summed E-state index contributed by atoms with van der Waals surface area (Å²) in [7, 11) is 4.25. The van der Waals surface area contributed by atoms with E-state index in [0.717, 1.165) is 37.9 Å². The van der Waals surface area contributed by atoms with Crippen molar-refractivity contribution < 1.29 is 32.7 Å². The number of rotatable bonds is 7. The van der Waals surface area contributed by atoms with Crippen LogP contribution in [0, 0.1) is 11.8 Å². The molecule has 0 saturated carbocycles. The summed E-state index contributed by atoms with van der Waals surface area (Å²) in [5.41, 5.74) is 2.34. The molecule has 4 rings (SSSR count). The molecule has 10 heteroatoms. The Morgan fingerprint density at radius 1 is 1.14 bits per heavy atom. The summed E-state index contributed by atoms with van der Waals surface area (Å²) in [6.07, 6.45) is 2.47. The van der Waals surface area contributed by atoms with Crippen molar-refractivity contribution in [3.63, 3.8) is 0 Å². The maximum absolute atomic E-state index is 12.1. The van der Waals surface area contributed by atoms with Gasteiger partial charge in [0.25, 0.3) is 0 Å². The topological polar surface area (TPSA) is 83.5 Å². The van der Waals surface area contributed by atoms with Crippen molar-refractivity contribution in [2.24, 2.45) is 11.8 Å². The van der Waals surface area contributed by atoms with Crippen LogP contribution in [-0.4, -0.2) is 60.6 Å². The molecule has 0 spiro atoms. The first-order valence-corrected chi connectivity index (χ1v) is 15.3. The van der Waals surface area contributed by atoms with E-state index >= 15 is 0 Å². The van der Waals surface area contributed by atoms with Crippen molar-refractivity contribution in [2.75, 3.05) is 13.1 Å². The van der Waals surface area contributed by atoms with E-state index in [1.54, 1.807) is 0 Å². The van der Waals surface area contributed by atoms with Crippen LogP contribution in [0.4, 0.5) is 0 Å². The number of piperidine rings is 1. The van der Waals surface area contributed by atoms with Crippen LogP contribution in [0.15, 0.2) is 12.1 Å². The fourth-order valence-corrected chi connectivity index (χ4v) is 6.63. The van der Waals surface area contributed by atoms with Gasteiger partial charge in [0.15, 0.2) is 0 Å². The zero-order chi connectivity index (χ0) is 26.7. The Hall–Kier alpha value is -1.54. The molecule has 0 bridgehead atoms. The normalized spacial score (nSPS) is 31.5. The third-order valence-corrected chi connectivity index (χ3v) is 8.46. The van der Waals surface area contributed by atoms with Crippen molar-refractivity contribution in [1.82, 2.24) is 4.90 Å². The van der Waals surface area contributed by atoms with E-state index in [-0.39, 0.29) is 12.0 Å². The van der Waals surface area contributed by atoms with Crippen LogP contribution in [0.1, 0.15) is 65.0 Å². The van der Waals surface area contributed by atoms with Crippen LogP contribution in [0.3, 0.4) is 0 Å². The number of carbonyl (C=O) groups is 2. The predicted octanol–water partition coefficient (Wildman–Crippen LogP) is 4.33. The van der Waals surface area contributed by atoms with Gasteiger partial charge in [0.2, 0.25) is 0 Å². The number of hydrogen-bond acceptors (Lipinski definition) is 9. The molecule has 206 valence electrons. The van der Waals surface area contributed by atoms with Crippen molar-refractivity contribution in [1.29, 1.82) is 0 Å². The van der Waals surface area contributed by atoms with Gasteiger partial charge in [-0.05, 0) is 0 Å². The molecule has 0 aromatic heterocycles. The summed E-state index contributed by atoms with van der Waals surface area (Å²) in [5, 5.41) is 0. The van der Waals surface area contributed by atoms with Crippen LogP contribution >= 0.6 is 7.81 Å². The number of nitrogens with zero attached hydrogens (tertiary/aromatic N) is 1. The third kappa shape index (κ3) is 6.38. The van der Waals surface area contributed by atoms with E-state index in [9.17, 15) is 9.59 Å². The predicted molar refractivity (Wildman–Crippen MR) is 144 cm³/mol. The zero-order valence-electron chi connectivity index (χ0n) is 22.3. The van der Waals surface area contributed by atoms with Gasteiger partial charge < -0.3 is 0 Å². The molecular formula is C27H39NO7PS-. The summed E-state index contributed by atoms with van der Waals surface area (Å²) in [6.45, 7) is 11.0. The van der Waals surface area contributed by atoms with Gasteiger partial charge in [-0.3, -0.25) is 0 Å². The quantitative estimate of drug-likeness (QED) is 0.214. The number of carbonyl (C=O) groups excluding carboxylic acids is 2. The number of benzene rings is 1. The second-order valence-electron chi connectivity index (χ2n) is 10.5. The van der Waals surface area contributed by atoms with Gasteiger partial charge in [0.1, 0.15) is 0 Å². The molecule has 0 unspecified atom stereocenters. The molecule has 7 atom stereocenters. The Morgan fingerprint density at radius 3 is 2.54 bits per heavy atom. The summed E-state index contributed by atoms with van der Waals surface area (Å²) in [6, 6.07) is 4.57. The van der Waals surface area contributed by atoms with E-state index in [0.29, 0.717) is 34.5 Å². The van der Waals surface area contributed by atoms with Gasteiger partial charge in [0.05, 0.1) is 0 Å². The molecule has 1 aromatic rings. The van der Waals surface area contributed by atoms with E-state index < -0.39 is 30.4 Å². The van der Waals surface area contributed by atoms with E-state index in [1.165, 1.54) is 32.3 Å². The molecule has 2 heterocycles. The summed E-state index contributed by atoms with van der Waals surface area (Å²) in [5.74, 6) is 0.547. The number of fused-ring (bicyclic) bond motifs is 2. The molecule has 2 fully saturated rings. The Balaban J connectivity index is 1.70. The minimum absolute atomic E-state index is 0.197. The number of hydrogen-bond donors (Lipinski definition) is 0.